The lowest BCUT2D eigenvalue weighted by atomic mass is 9.79. The van der Waals surface area contributed by atoms with E-state index in [4.69, 9.17) is 5.11 Å². The summed E-state index contributed by atoms with van der Waals surface area (Å²) in [5.74, 6) is 0.736. The van der Waals surface area contributed by atoms with Crippen molar-refractivity contribution in [3.8, 4) is 0 Å². The third-order valence-corrected chi connectivity index (χ3v) is 3.78. The van der Waals surface area contributed by atoms with E-state index < -0.39 is 5.97 Å². The number of carboxylic acid groups (broad SMARTS) is 1. The van der Waals surface area contributed by atoms with E-state index in [-0.39, 0.29) is 6.04 Å². The summed E-state index contributed by atoms with van der Waals surface area (Å²) >= 11 is 0. The van der Waals surface area contributed by atoms with E-state index in [1.54, 1.807) is 0 Å². The fourth-order valence-electron chi connectivity index (χ4n) is 2.92. The summed E-state index contributed by atoms with van der Waals surface area (Å²) in [7, 11) is 0. The van der Waals surface area contributed by atoms with Gasteiger partial charge in [0.25, 0.3) is 0 Å². The number of hydrogen-bond acceptors (Lipinski definition) is 2. The summed E-state index contributed by atoms with van der Waals surface area (Å²) in [6, 6.07) is -0.276. The summed E-state index contributed by atoms with van der Waals surface area (Å²) < 4.78 is 0. The molecule has 2 aliphatic rings. The smallest absolute Gasteiger partial charge is 0.320 e. The van der Waals surface area contributed by atoms with Gasteiger partial charge in [0.1, 0.15) is 6.04 Å². The van der Waals surface area contributed by atoms with Crippen LogP contribution in [-0.4, -0.2) is 23.7 Å². The van der Waals surface area contributed by atoms with E-state index >= 15 is 0 Å². The fourth-order valence-corrected chi connectivity index (χ4v) is 2.92. The highest BCUT2D eigenvalue weighted by Crippen LogP contribution is 2.34. The molecule has 2 fully saturated rings. The molecule has 0 bridgehead atoms. The van der Waals surface area contributed by atoms with Crippen LogP contribution < -0.4 is 5.32 Å². The van der Waals surface area contributed by atoms with Gasteiger partial charge in [-0.05, 0) is 24.8 Å². The third kappa shape index (κ3) is 2.08. The Labute approximate surface area is 84.9 Å². The summed E-state index contributed by atoms with van der Waals surface area (Å²) in [6.45, 7) is 0.918. The summed E-state index contributed by atoms with van der Waals surface area (Å²) in [5.41, 5.74) is 0. The van der Waals surface area contributed by atoms with Gasteiger partial charge in [0.05, 0.1) is 0 Å². The second kappa shape index (κ2) is 4.30. The number of aliphatic carboxylic acids is 1. The Hall–Kier alpha value is -0.570. The number of carboxylic acids is 1. The van der Waals surface area contributed by atoms with E-state index in [1.807, 2.05) is 0 Å². The number of nitrogens with one attached hydrogen (secondary N) is 1. The van der Waals surface area contributed by atoms with Gasteiger partial charge in [0.2, 0.25) is 0 Å². The average molecular weight is 197 g/mol. The molecule has 3 nitrogen and oxygen atoms in total. The average Bonchev–Trinajstić information content (AvgIpc) is 2.68. The van der Waals surface area contributed by atoms with Crippen molar-refractivity contribution in [1.82, 2.24) is 5.32 Å². The monoisotopic (exact) mass is 197 g/mol. The van der Waals surface area contributed by atoms with E-state index in [0.29, 0.717) is 5.92 Å². The van der Waals surface area contributed by atoms with Gasteiger partial charge in [-0.25, -0.2) is 0 Å². The number of rotatable bonds is 2. The molecule has 3 heteroatoms. The van der Waals surface area contributed by atoms with Crippen molar-refractivity contribution in [2.24, 2.45) is 11.8 Å². The van der Waals surface area contributed by atoms with Crippen molar-refractivity contribution in [3.05, 3.63) is 0 Å². The minimum Gasteiger partial charge on any atom is -0.480 e. The molecule has 0 spiro atoms. The topological polar surface area (TPSA) is 49.3 Å². The second-order valence-electron chi connectivity index (χ2n) is 4.69. The first-order valence-electron chi connectivity index (χ1n) is 5.73. The molecular weight excluding hydrogens is 178 g/mol. The third-order valence-electron chi connectivity index (χ3n) is 3.78. The maximum atomic E-state index is 10.8. The predicted octanol–water partition coefficient (Wildman–Crippen LogP) is 1.63. The van der Waals surface area contributed by atoms with Gasteiger partial charge in [-0.15, -0.1) is 0 Å². The molecule has 2 atom stereocenters. The molecule has 1 aliphatic carbocycles. The summed E-state index contributed by atoms with van der Waals surface area (Å²) in [4.78, 5) is 10.8. The molecule has 1 aliphatic heterocycles. The zero-order chi connectivity index (χ0) is 9.97. The van der Waals surface area contributed by atoms with Crippen molar-refractivity contribution in [2.45, 2.75) is 44.6 Å². The van der Waals surface area contributed by atoms with Crippen LogP contribution in [0.5, 0.6) is 0 Å². The first-order valence-corrected chi connectivity index (χ1v) is 5.73. The summed E-state index contributed by atoms with van der Waals surface area (Å²) in [6.07, 6.45) is 7.55. The Morgan fingerprint density at radius 2 is 1.86 bits per heavy atom. The largest absolute Gasteiger partial charge is 0.480 e. The quantitative estimate of drug-likeness (QED) is 0.707. The molecule has 0 aromatic heterocycles. The molecule has 0 aromatic rings. The zero-order valence-corrected chi connectivity index (χ0v) is 8.54. The van der Waals surface area contributed by atoms with Gasteiger partial charge in [-0.1, -0.05) is 32.1 Å². The van der Waals surface area contributed by atoms with Gasteiger partial charge in [-0.3, -0.25) is 4.79 Å². The molecule has 80 valence electrons. The maximum absolute atomic E-state index is 10.8. The normalized spacial score (nSPS) is 34.6. The molecule has 1 saturated heterocycles. The van der Waals surface area contributed by atoms with Gasteiger partial charge in [-0.2, -0.15) is 0 Å². The number of carbonyl (C=O) groups is 1. The second-order valence-corrected chi connectivity index (χ2v) is 4.69. The van der Waals surface area contributed by atoms with Gasteiger partial charge >= 0.3 is 5.97 Å². The molecule has 1 heterocycles. The highest BCUT2D eigenvalue weighted by atomic mass is 16.4. The molecule has 0 radical (unpaired) electrons. The molecule has 2 rings (SSSR count). The van der Waals surface area contributed by atoms with E-state index in [2.05, 4.69) is 5.32 Å². The molecule has 0 aromatic carbocycles. The van der Waals surface area contributed by atoms with E-state index in [9.17, 15) is 4.79 Å². The Balaban J connectivity index is 1.85. The van der Waals surface area contributed by atoms with Crippen LogP contribution in [0.4, 0.5) is 0 Å². The molecule has 14 heavy (non-hydrogen) atoms. The lowest BCUT2D eigenvalue weighted by molar-refractivity contribution is -0.139. The molecule has 2 N–H and O–H groups in total. The predicted molar refractivity (Wildman–Crippen MR) is 54.1 cm³/mol. The Morgan fingerprint density at radius 3 is 2.43 bits per heavy atom. The first-order chi connectivity index (χ1) is 6.77. The van der Waals surface area contributed by atoms with Crippen LogP contribution in [-0.2, 0) is 4.79 Å². The first kappa shape index (κ1) is 9.97. The molecule has 1 saturated carbocycles. The van der Waals surface area contributed by atoms with E-state index in [0.717, 1.165) is 18.9 Å². The van der Waals surface area contributed by atoms with E-state index in [1.165, 1.54) is 32.1 Å². The Morgan fingerprint density at radius 1 is 1.14 bits per heavy atom. The fraction of sp³-hybridized carbons (Fsp3) is 0.909. The van der Waals surface area contributed by atoms with Gasteiger partial charge in [0, 0.05) is 0 Å². The van der Waals surface area contributed by atoms with Crippen molar-refractivity contribution < 1.29 is 9.90 Å². The molecular formula is C11H19NO2. The van der Waals surface area contributed by atoms with Gasteiger partial charge < -0.3 is 10.4 Å². The lowest BCUT2D eigenvalue weighted by Gasteiger charge is -2.26. The summed E-state index contributed by atoms with van der Waals surface area (Å²) in [5, 5.41) is 12.0. The SMILES string of the molecule is O=C(O)[C@H]1CC(C2CCCCC2)CN1. The minimum absolute atomic E-state index is 0.276. The van der Waals surface area contributed by atoms with Crippen LogP contribution in [0.25, 0.3) is 0 Å². The van der Waals surface area contributed by atoms with Crippen molar-refractivity contribution in [1.29, 1.82) is 0 Å². The van der Waals surface area contributed by atoms with Crippen LogP contribution in [0.15, 0.2) is 0 Å². The van der Waals surface area contributed by atoms with Crippen LogP contribution in [0.1, 0.15) is 38.5 Å². The van der Waals surface area contributed by atoms with Crippen molar-refractivity contribution >= 4 is 5.97 Å². The van der Waals surface area contributed by atoms with Crippen LogP contribution >= 0.6 is 0 Å². The lowest BCUT2D eigenvalue weighted by Crippen LogP contribution is -2.29. The van der Waals surface area contributed by atoms with Crippen molar-refractivity contribution in [2.75, 3.05) is 6.54 Å². The zero-order valence-electron chi connectivity index (χ0n) is 8.54. The molecule has 1 unspecified atom stereocenters. The standard InChI is InChI=1S/C11H19NO2/c13-11(14)10-6-9(7-12-10)8-4-2-1-3-5-8/h8-10,12H,1-7H2,(H,13,14)/t9?,10-/m1/s1. The molecule has 0 amide bonds. The highest BCUT2D eigenvalue weighted by Gasteiger charge is 2.34. The van der Waals surface area contributed by atoms with Gasteiger partial charge in [0.15, 0.2) is 0 Å². The minimum atomic E-state index is -0.677. The van der Waals surface area contributed by atoms with Crippen molar-refractivity contribution in [3.63, 3.8) is 0 Å². The van der Waals surface area contributed by atoms with Crippen LogP contribution in [0.3, 0.4) is 0 Å². The Kier molecular flexibility index (Phi) is 3.06. The Bertz CT molecular complexity index is 211. The number of hydrogen-bond donors (Lipinski definition) is 2. The maximum Gasteiger partial charge on any atom is 0.320 e. The van der Waals surface area contributed by atoms with Crippen LogP contribution in [0, 0.1) is 11.8 Å². The highest BCUT2D eigenvalue weighted by molar-refractivity contribution is 5.73. The van der Waals surface area contributed by atoms with Crippen LogP contribution in [0.2, 0.25) is 0 Å².